The predicted molar refractivity (Wildman–Crippen MR) is 76.1 cm³/mol. The molecular weight excluding hydrogens is 278 g/mol. The van der Waals surface area contributed by atoms with Gasteiger partial charge in [-0.25, -0.2) is 0 Å². The summed E-state index contributed by atoms with van der Waals surface area (Å²) < 4.78 is 28.5. The van der Waals surface area contributed by atoms with Gasteiger partial charge >= 0.3 is 0 Å². The van der Waals surface area contributed by atoms with Crippen molar-refractivity contribution in [2.45, 2.75) is 26.3 Å². The number of nitrogens with zero attached hydrogens (tertiary/aromatic N) is 2. The van der Waals surface area contributed by atoms with Gasteiger partial charge in [0.2, 0.25) is 0 Å². The Labute approximate surface area is 120 Å². The molecule has 1 aromatic heterocycles. The lowest BCUT2D eigenvalue weighted by molar-refractivity contribution is 0.164. The van der Waals surface area contributed by atoms with E-state index in [0.717, 1.165) is 24.0 Å². The first-order chi connectivity index (χ1) is 9.53. The highest BCUT2D eigenvalue weighted by molar-refractivity contribution is 7.87. The molecule has 0 radical (unpaired) electrons. The molecule has 1 aromatic rings. The van der Waals surface area contributed by atoms with Crippen molar-refractivity contribution in [3.63, 3.8) is 0 Å². The van der Waals surface area contributed by atoms with E-state index in [1.807, 2.05) is 13.0 Å². The van der Waals surface area contributed by atoms with Gasteiger partial charge in [-0.2, -0.15) is 17.4 Å². The molecule has 1 atom stereocenters. The van der Waals surface area contributed by atoms with E-state index < -0.39 is 10.2 Å². The van der Waals surface area contributed by atoms with Crippen LogP contribution in [-0.2, 0) is 16.8 Å². The van der Waals surface area contributed by atoms with Crippen LogP contribution in [0.25, 0.3) is 0 Å². The summed E-state index contributed by atoms with van der Waals surface area (Å²) in [7, 11) is -3.49. The lowest BCUT2D eigenvalue weighted by atomic mass is 10.0. The van der Waals surface area contributed by atoms with Crippen LogP contribution < -0.4 is 4.72 Å². The fourth-order valence-corrected chi connectivity index (χ4v) is 3.65. The molecule has 6 nitrogen and oxygen atoms in total. The molecule has 7 heteroatoms. The van der Waals surface area contributed by atoms with Gasteiger partial charge in [0.1, 0.15) is 0 Å². The number of piperidine rings is 1. The Balaban J connectivity index is 1.99. The van der Waals surface area contributed by atoms with Gasteiger partial charge in [-0.1, -0.05) is 0 Å². The minimum Gasteiger partial charge on any atom is -0.396 e. The van der Waals surface area contributed by atoms with Crippen molar-refractivity contribution in [2.24, 2.45) is 5.92 Å². The van der Waals surface area contributed by atoms with E-state index in [0.29, 0.717) is 13.1 Å². The Hall–Kier alpha value is -1.02. The van der Waals surface area contributed by atoms with E-state index in [4.69, 9.17) is 5.11 Å². The summed E-state index contributed by atoms with van der Waals surface area (Å²) in [5.41, 5.74) is 1.88. The molecule has 2 rings (SSSR count). The van der Waals surface area contributed by atoms with Gasteiger partial charge in [0.15, 0.2) is 0 Å². The van der Waals surface area contributed by atoms with Gasteiger partial charge in [-0.15, -0.1) is 0 Å². The van der Waals surface area contributed by atoms with Crippen LogP contribution in [0.2, 0.25) is 0 Å². The number of aliphatic hydroxyl groups excluding tert-OH is 1. The monoisotopic (exact) mass is 299 g/mol. The van der Waals surface area contributed by atoms with E-state index in [2.05, 4.69) is 9.71 Å². The molecule has 1 aliphatic heterocycles. The zero-order valence-corrected chi connectivity index (χ0v) is 12.4. The van der Waals surface area contributed by atoms with E-state index in [1.54, 1.807) is 12.4 Å². The summed E-state index contributed by atoms with van der Waals surface area (Å²) in [5.74, 6) is 0.0444. The molecule has 0 spiro atoms. The second-order valence-electron chi connectivity index (χ2n) is 5.18. The van der Waals surface area contributed by atoms with Crippen molar-refractivity contribution in [3.05, 3.63) is 29.6 Å². The summed E-state index contributed by atoms with van der Waals surface area (Å²) in [6, 6.07) is 1.81. The Morgan fingerprint density at radius 1 is 1.55 bits per heavy atom. The van der Waals surface area contributed by atoms with Crippen LogP contribution in [0.15, 0.2) is 18.5 Å². The van der Waals surface area contributed by atoms with Gasteiger partial charge in [-0.05, 0) is 42.9 Å². The topological polar surface area (TPSA) is 82.5 Å². The molecule has 2 heterocycles. The van der Waals surface area contributed by atoms with Gasteiger partial charge in [0.05, 0.1) is 0 Å². The molecule has 20 heavy (non-hydrogen) atoms. The van der Waals surface area contributed by atoms with Crippen molar-refractivity contribution in [2.75, 3.05) is 19.7 Å². The summed E-state index contributed by atoms with van der Waals surface area (Å²) in [6.45, 7) is 3.11. The number of aliphatic hydroxyl groups is 1. The third-order valence-corrected chi connectivity index (χ3v) is 5.18. The standard InChI is InChI=1S/C13H21N3O3S/c1-11-7-14-5-4-13(11)8-15-20(18,19)16-6-2-3-12(9-16)10-17/h4-5,7,12,15,17H,2-3,6,8-10H2,1H3. The van der Waals surface area contributed by atoms with Crippen molar-refractivity contribution in [3.8, 4) is 0 Å². The van der Waals surface area contributed by atoms with Gasteiger partial charge in [0.25, 0.3) is 10.2 Å². The molecule has 0 bridgehead atoms. The normalized spacial score (nSPS) is 21.0. The lowest BCUT2D eigenvalue weighted by Gasteiger charge is -2.30. The Bertz CT molecular complexity index is 548. The Kier molecular flexibility index (Phi) is 5.09. The van der Waals surface area contributed by atoms with Crippen molar-refractivity contribution in [1.82, 2.24) is 14.0 Å². The highest BCUT2D eigenvalue weighted by Gasteiger charge is 2.28. The predicted octanol–water partition coefficient (Wildman–Crippen LogP) is 0.429. The molecule has 0 amide bonds. The summed E-state index contributed by atoms with van der Waals surface area (Å²) in [4.78, 5) is 3.98. The Morgan fingerprint density at radius 3 is 3.05 bits per heavy atom. The molecule has 0 aromatic carbocycles. The maximum absolute atomic E-state index is 12.2. The fourth-order valence-electron chi connectivity index (χ4n) is 2.35. The number of hydrogen-bond acceptors (Lipinski definition) is 4. The quantitative estimate of drug-likeness (QED) is 0.826. The first kappa shape index (κ1) is 15.4. The number of nitrogens with one attached hydrogen (secondary N) is 1. The largest absolute Gasteiger partial charge is 0.396 e. The van der Waals surface area contributed by atoms with Crippen LogP contribution >= 0.6 is 0 Å². The maximum Gasteiger partial charge on any atom is 0.279 e. The van der Waals surface area contributed by atoms with Gasteiger partial charge < -0.3 is 5.11 Å². The molecule has 112 valence electrons. The zero-order valence-electron chi connectivity index (χ0n) is 11.6. The first-order valence-electron chi connectivity index (χ1n) is 6.78. The number of aryl methyl sites for hydroxylation is 1. The Morgan fingerprint density at radius 2 is 2.35 bits per heavy atom. The van der Waals surface area contributed by atoms with Gasteiger partial charge in [-0.3, -0.25) is 4.98 Å². The second-order valence-corrected chi connectivity index (χ2v) is 6.93. The van der Waals surface area contributed by atoms with Crippen LogP contribution in [0.1, 0.15) is 24.0 Å². The number of pyridine rings is 1. The highest BCUT2D eigenvalue weighted by atomic mass is 32.2. The highest BCUT2D eigenvalue weighted by Crippen LogP contribution is 2.18. The summed E-state index contributed by atoms with van der Waals surface area (Å²) in [6.07, 6.45) is 5.04. The molecule has 0 saturated carbocycles. The summed E-state index contributed by atoms with van der Waals surface area (Å²) in [5, 5.41) is 9.17. The molecule has 2 N–H and O–H groups in total. The maximum atomic E-state index is 12.2. The smallest absolute Gasteiger partial charge is 0.279 e. The minimum absolute atomic E-state index is 0.0372. The van der Waals surface area contributed by atoms with Crippen molar-refractivity contribution in [1.29, 1.82) is 0 Å². The van der Waals surface area contributed by atoms with Crippen LogP contribution in [0.3, 0.4) is 0 Å². The van der Waals surface area contributed by atoms with E-state index in [9.17, 15) is 8.42 Å². The van der Waals surface area contributed by atoms with E-state index in [-0.39, 0.29) is 19.1 Å². The van der Waals surface area contributed by atoms with Gasteiger partial charge in [0, 0.05) is 38.6 Å². The van der Waals surface area contributed by atoms with Crippen LogP contribution in [0.4, 0.5) is 0 Å². The number of aromatic nitrogens is 1. The minimum atomic E-state index is -3.49. The van der Waals surface area contributed by atoms with Crippen LogP contribution in [0, 0.1) is 12.8 Å². The number of hydrogen-bond donors (Lipinski definition) is 2. The van der Waals surface area contributed by atoms with Crippen molar-refractivity contribution >= 4 is 10.2 Å². The fraction of sp³-hybridized carbons (Fsp3) is 0.615. The molecule has 1 aliphatic rings. The average Bonchev–Trinajstić information content (AvgIpc) is 2.46. The lowest BCUT2D eigenvalue weighted by Crippen LogP contribution is -2.46. The SMILES string of the molecule is Cc1cnccc1CNS(=O)(=O)N1CCCC(CO)C1. The van der Waals surface area contributed by atoms with E-state index in [1.165, 1.54) is 4.31 Å². The number of rotatable bonds is 5. The third kappa shape index (κ3) is 3.76. The second kappa shape index (κ2) is 6.62. The molecule has 1 fully saturated rings. The molecule has 1 unspecified atom stereocenters. The third-order valence-electron chi connectivity index (χ3n) is 3.66. The summed E-state index contributed by atoms with van der Waals surface area (Å²) >= 11 is 0. The molecular formula is C13H21N3O3S. The zero-order chi connectivity index (χ0) is 14.6. The van der Waals surface area contributed by atoms with E-state index >= 15 is 0 Å². The van der Waals surface area contributed by atoms with Crippen LogP contribution in [0.5, 0.6) is 0 Å². The first-order valence-corrected chi connectivity index (χ1v) is 8.22. The van der Waals surface area contributed by atoms with Crippen molar-refractivity contribution < 1.29 is 13.5 Å². The van der Waals surface area contributed by atoms with Crippen LogP contribution in [-0.4, -0.2) is 42.5 Å². The average molecular weight is 299 g/mol. The molecule has 1 saturated heterocycles. The molecule has 0 aliphatic carbocycles.